The van der Waals surface area contributed by atoms with Crippen molar-refractivity contribution < 1.29 is 19.5 Å². The van der Waals surface area contributed by atoms with Gasteiger partial charge in [-0.2, -0.15) is 0 Å². The number of amides is 3. The smallest absolute Gasteiger partial charge is 0.404 e. The number of carbonyl (C=O) groups is 3. The molecule has 23 heavy (non-hydrogen) atoms. The molecule has 7 heteroatoms. The number of nitrogens with one attached hydrogen (secondary N) is 1. The van der Waals surface area contributed by atoms with Crippen LogP contribution in [0.2, 0.25) is 0 Å². The van der Waals surface area contributed by atoms with Crippen LogP contribution in [0.15, 0.2) is 42.6 Å². The van der Waals surface area contributed by atoms with Crippen molar-refractivity contribution >= 4 is 17.9 Å². The van der Waals surface area contributed by atoms with E-state index in [1.807, 2.05) is 0 Å². The number of imide groups is 1. The first-order valence-corrected chi connectivity index (χ1v) is 6.92. The molecule has 0 unspecified atom stereocenters. The van der Waals surface area contributed by atoms with Gasteiger partial charge in [0.05, 0.1) is 29.9 Å². The van der Waals surface area contributed by atoms with E-state index in [-0.39, 0.29) is 24.9 Å². The molecular weight excluding hydrogens is 298 g/mol. The summed E-state index contributed by atoms with van der Waals surface area (Å²) in [5.74, 6) is -0.710. The lowest BCUT2D eigenvalue weighted by molar-refractivity contribution is 0.0641. The molecule has 2 aromatic rings. The van der Waals surface area contributed by atoms with Crippen molar-refractivity contribution in [2.24, 2.45) is 0 Å². The third-order valence-electron chi connectivity index (χ3n) is 3.60. The first kappa shape index (κ1) is 14.7. The average molecular weight is 311 g/mol. The number of hydrogen-bond acceptors (Lipinski definition) is 4. The number of benzene rings is 1. The summed E-state index contributed by atoms with van der Waals surface area (Å²) in [7, 11) is 0. The predicted molar refractivity (Wildman–Crippen MR) is 79.7 cm³/mol. The summed E-state index contributed by atoms with van der Waals surface area (Å²) in [6, 6.07) is 10.0. The second-order valence-electron chi connectivity index (χ2n) is 5.01. The molecule has 3 amide bonds. The lowest BCUT2D eigenvalue weighted by atomic mass is 10.1. The summed E-state index contributed by atoms with van der Waals surface area (Å²) in [6.45, 7) is 0.0610. The number of carboxylic acid groups (broad SMARTS) is 1. The molecular formula is C16H13N3O4. The highest BCUT2D eigenvalue weighted by atomic mass is 16.4. The Morgan fingerprint density at radius 3 is 2.35 bits per heavy atom. The molecule has 0 radical (unpaired) electrons. The molecule has 7 nitrogen and oxygen atoms in total. The Kier molecular flexibility index (Phi) is 3.76. The van der Waals surface area contributed by atoms with Gasteiger partial charge in [-0.05, 0) is 23.8 Å². The highest BCUT2D eigenvalue weighted by Gasteiger charge is 2.35. The fraction of sp³-hybridized carbons (Fsp3) is 0.125. The minimum atomic E-state index is -1.16. The van der Waals surface area contributed by atoms with Crippen molar-refractivity contribution in [2.45, 2.75) is 13.1 Å². The quantitative estimate of drug-likeness (QED) is 0.836. The zero-order chi connectivity index (χ0) is 16.4. The van der Waals surface area contributed by atoms with E-state index in [0.29, 0.717) is 22.4 Å². The summed E-state index contributed by atoms with van der Waals surface area (Å²) in [4.78, 5) is 40.6. The molecule has 3 rings (SSSR count). The molecule has 1 aliphatic rings. The van der Waals surface area contributed by atoms with Gasteiger partial charge in [-0.15, -0.1) is 0 Å². The van der Waals surface area contributed by atoms with Crippen LogP contribution in [-0.2, 0) is 13.1 Å². The molecule has 0 bridgehead atoms. The molecule has 0 atom stereocenters. The van der Waals surface area contributed by atoms with Crippen LogP contribution in [0.1, 0.15) is 32.0 Å². The van der Waals surface area contributed by atoms with Crippen molar-refractivity contribution in [3.63, 3.8) is 0 Å². The first-order chi connectivity index (χ1) is 11.1. The molecule has 1 aromatic heterocycles. The van der Waals surface area contributed by atoms with Crippen LogP contribution in [0.4, 0.5) is 4.79 Å². The summed E-state index contributed by atoms with van der Waals surface area (Å²) in [5, 5.41) is 10.9. The van der Waals surface area contributed by atoms with Gasteiger partial charge in [0.2, 0.25) is 0 Å². The number of rotatable bonds is 4. The normalized spacial score (nSPS) is 13.1. The van der Waals surface area contributed by atoms with Gasteiger partial charge in [0.1, 0.15) is 0 Å². The summed E-state index contributed by atoms with van der Waals surface area (Å²) in [5.41, 5.74) is 1.86. The zero-order valence-corrected chi connectivity index (χ0v) is 12.0. The van der Waals surface area contributed by atoms with Gasteiger partial charge in [-0.1, -0.05) is 18.2 Å². The molecule has 116 valence electrons. The highest BCUT2D eigenvalue weighted by Crippen LogP contribution is 2.24. The number of nitrogens with zero attached hydrogens (tertiary/aromatic N) is 2. The van der Waals surface area contributed by atoms with E-state index >= 15 is 0 Å². The maximum Gasteiger partial charge on any atom is 0.404 e. The van der Waals surface area contributed by atoms with Crippen molar-refractivity contribution in [2.75, 3.05) is 0 Å². The van der Waals surface area contributed by atoms with Crippen LogP contribution < -0.4 is 5.32 Å². The van der Waals surface area contributed by atoms with Crippen LogP contribution in [0.3, 0.4) is 0 Å². The molecule has 0 spiro atoms. The first-order valence-electron chi connectivity index (χ1n) is 6.92. The Hall–Kier alpha value is -3.22. The van der Waals surface area contributed by atoms with E-state index in [4.69, 9.17) is 5.11 Å². The van der Waals surface area contributed by atoms with Crippen LogP contribution in [0.5, 0.6) is 0 Å². The van der Waals surface area contributed by atoms with Crippen LogP contribution in [-0.4, -0.2) is 32.9 Å². The number of fused-ring (bicyclic) bond motifs is 1. The molecule has 2 N–H and O–H groups in total. The van der Waals surface area contributed by atoms with Crippen molar-refractivity contribution in [1.82, 2.24) is 15.2 Å². The number of pyridine rings is 1. The van der Waals surface area contributed by atoms with Gasteiger partial charge in [0, 0.05) is 6.20 Å². The van der Waals surface area contributed by atoms with Gasteiger partial charge < -0.3 is 10.4 Å². The molecule has 0 saturated heterocycles. The van der Waals surface area contributed by atoms with Crippen molar-refractivity contribution in [3.8, 4) is 0 Å². The van der Waals surface area contributed by atoms with Gasteiger partial charge in [-0.3, -0.25) is 19.5 Å². The minimum Gasteiger partial charge on any atom is -0.465 e. The van der Waals surface area contributed by atoms with Crippen molar-refractivity contribution in [3.05, 3.63) is 65.0 Å². The third-order valence-corrected chi connectivity index (χ3v) is 3.60. The van der Waals surface area contributed by atoms with Gasteiger partial charge in [-0.25, -0.2) is 4.79 Å². The molecule has 1 aliphatic heterocycles. The highest BCUT2D eigenvalue weighted by molar-refractivity contribution is 6.21. The number of aromatic nitrogens is 1. The van der Waals surface area contributed by atoms with E-state index in [9.17, 15) is 14.4 Å². The van der Waals surface area contributed by atoms with E-state index in [1.165, 1.54) is 6.20 Å². The lowest BCUT2D eigenvalue weighted by Gasteiger charge is -2.16. The molecule has 0 saturated carbocycles. The minimum absolute atomic E-state index is 0.00861. The Labute approximate surface area is 131 Å². The summed E-state index contributed by atoms with van der Waals surface area (Å²) < 4.78 is 0. The van der Waals surface area contributed by atoms with E-state index in [0.717, 1.165) is 4.90 Å². The Morgan fingerprint density at radius 2 is 1.74 bits per heavy atom. The largest absolute Gasteiger partial charge is 0.465 e. The van der Waals surface area contributed by atoms with Gasteiger partial charge in [0.15, 0.2) is 0 Å². The Morgan fingerprint density at radius 1 is 1.09 bits per heavy atom. The summed E-state index contributed by atoms with van der Waals surface area (Å²) in [6.07, 6.45) is 0.368. The lowest BCUT2D eigenvalue weighted by Crippen LogP contribution is -2.30. The second kappa shape index (κ2) is 5.88. The van der Waals surface area contributed by atoms with Gasteiger partial charge >= 0.3 is 6.09 Å². The number of carbonyl (C=O) groups excluding carboxylic acids is 2. The maximum absolute atomic E-state index is 12.4. The van der Waals surface area contributed by atoms with E-state index in [1.54, 1.807) is 36.4 Å². The standard InChI is InChI=1S/C16H13N3O4/c20-14-11-5-1-2-6-12(11)15(21)19(14)9-10-4-3-7-17-13(10)8-18-16(22)23/h1-7,18H,8-9H2,(H,22,23). The van der Waals surface area contributed by atoms with Crippen molar-refractivity contribution in [1.29, 1.82) is 0 Å². The van der Waals surface area contributed by atoms with Crippen LogP contribution >= 0.6 is 0 Å². The Bertz CT molecular complexity index is 768. The van der Waals surface area contributed by atoms with E-state index in [2.05, 4.69) is 10.3 Å². The second-order valence-corrected chi connectivity index (χ2v) is 5.01. The number of hydrogen-bond donors (Lipinski definition) is 2. The fourth-order valence-electron chi connectivity index (χ4n) is 2.49. The predicted octanol–water partition coefficient (Wildman–Crippen LogP) is 1.65. The Balaban J connectivity index is 1.85. The molecule has 1 aromatic carbocycles. The van der Waals surface area contributed by atoms with Crippen LogP contribution in [0.25, 0.3) is 0 Å². The fourth-order valence-corrected chi connectivity index (χ4v) is 2.49. The SMILES string of the molecule is O=C(O)NCc1ncccc1CN1C(=O)c2ccccc2C1=O. The zero-order valence-electron chi connectivity index (χ0n) is 12.0. The molecule has 0 fully saturated rings. The third kappa shape index (κ3) is 2.76. The monoisotopic (exact) mass is 311 g/mol. The molecule has 0 aliphatic carbocycles. The maximum atomic E-state index is 12.4. The van der Waals surface area contributed by atoms with Crippen LogP contribution in [0, 0.1) is 0 Å². The summed E-state index contributed by atoms with van der Waals surface area (Å²) >= 11 is 0. The molecule has 2 heterocycles. The average Bonchev–Trinajstić information content (AvgIpc) is 2.79. The van der Waals surface area contributed by atoms with Gasteiger partial charge in [0.25, 0.3) is 11.8 Å². The topological polar surface area (TPSA) is 99.6 Å². The van der Waals surface area contributed by atoms with E-state index < -0.39 is 6.09 Å².